The fourth-order valence-corrected chi connectivity index (χ4v) is 4.00. The summed E-state index contributed by atoms with van der Waals surface area (Å²) in [6.45, 7) is 0.726. The number of benzene rings is 1. The van der Waals surface area contributed by atoms with Gasteiger partial charge in [0.05, 0.1) is 7.11 Å². The van der Waals surface area contributed by atoms with Crippen LogP contribution in [0.15, 0.2) is 28.8 Å². The Bertz CT molecular complexity index is 768. The van der Waals surface area contributed by atoms with Crippen molar-refractivity contribution in [2.75, 3.05) is 13.7 Å². The average Bonchev–Trinajstić information content (AvgIpc) is 3.38. The molecular weight excluding hydrogens is 344 g/mol. The van der Waals surface area contributed by atoms with Crippen LogP contribution in [0.5, 0.6) is 5.75 Å². The van der Waals surface area contributed by atoms with E-state index in [2.05, 4.69) is 15.5 Å². The zero-order chi connectivity index (χ0) is 18.6. The fraction of sp³-hybridized carbons (Fsp3) is 0.550. The predicted molar refractivity (Wildman–Crippen MR) is 100 cm³/mol. The second-order valence-electron chi connectivity index (χ2n) is 7.32. The van der Waals surface area contributed by atoms with E-state index in [1.54, 1.807) is 7.11 Å². The highest BCUT2D eigenvalue weighted by Crippen LogP contribution is 2.32. The number of carbonyl (C=O) groups excluding carboxylic acids is 1. The maximum Gasteiger partial charge on any atom is 0.318 e. The summed E-state index contributed by atoms with van der Waals surface area (Å²) in [6, 6.07) is 7.67. The lowest BCUT2D eigenvalue weighted by Gasteiger charge is -2.28. The van der Waals surface area contributed by atoms with Crippen LogP contribution in [0.1, 0.15) is 56.9 Å². The van der Waals surface area contributed by atoms with Crippen molar-refractivity contribution in [3.05, 3.63) is 30.2 Å². The quantitative estimate of drug-likeness (QED) is 0.882. The lowest BCUT2D eigenvalue weighted by molar-refractivity contribution is 0.173. The Labute approximate surface area is 159 Å². The maximum absolute atomic E-state index is 12.8. The Hall–Kier alpha value is -2.57. The van der Waals surface area contributed by atoms with Crippen molar-refractivity contribution in [1.82, 2.24) is 20.4 Å². The second kappa shape index (κ2) is 7.98. The molecule has 2 aliphatic rings. The molecule has 1 aliphatic heterocycles. The number of hydrogen-bond acceptors (Lipinski definition) is 5. The van der Waals surface area contributed by atoms with Crippen LogP contribution in [0.2, 0.25) is 0 Å². The number of urea groups is 1. The summed E-state index contributed by atoms with van der Waals surface area (Å²) in [4.78, 5) is 19.2. The molecule has 1 saturated carbocycles. The molecule has 1 aliphatic carbocycles. The Morgan fingerprint density at radius 3 is 2.67 bits per heavy atom. The van der Waals surface area contributed by atoms with Crippen LogP contribution in [0.3, 0.4) is 0 Å². The summed E-state index contributed by atoms with van der Waals surface area (Å²) >= 11 is 0. The first-order chi connectivity index (χ1) is 13.2. The van der Waals surface area contributed by atoms with Gasteiger partial charge in [-0.3, -0.25) is 0 Å². The lowest BCUT2D eigenvalue weighted by atomic mass is 9.96. The number of nitrogens with zero attached hydrogens (tertiary/aromatic N) is 3. The van der Waals surface area contributed by atoms with Crippen LogP contribution in [-0.2, 0) is 0 Å². The third-order valence-corrected chi connectivity index (χ3v) is 5.52. The molecule has 4 rings (SSSR count). The molecule has 2 fully saturated rings. The molecule has 1 N–H and O–H groups in total. The fourth-order valence-electron chi connectivity index (χ4n) is 4.00. The van der Waals surface area contributed by atoms with Crippen molar-refractivity contribution in [2.24, 2.45) is 0 Å². The normalized spacial score (nSPS) is 20.6. The van der Waals surface area contributed by atoms with E-state index >= 15 is 0 Å². The molecule has 1 atom stereocenters. The second-order valence-corrected chi connectivity index (χ2v) is 7.32. The summed E-state index contributed by atoms with van der Waals surface area (Å²) in [6.07, 6.45) is 7.62. The van der Waals surface area contributed by atoms with Crippen molar-refractivity contribution in [1.29, 1.82) is 0 Å². The summed E-state index contributed by atoms with van der Waals surface area (Å²) in [5.41, 5.74) is 0.863. The highest BCUT2D eigenvalue weighted by molar-refractivity contribution is 5.75. The van der Waals surface area contributed by atoms with Gasteiger partial charge in [-0.2, -0.15) is 4.98 Å². The molecular formula is C20H26N4O3. The summed E-state index contributed by atoms with van der Waals surface area (Å²) in [5, 5.41) is 7.31. The van der Waals surface area contributed by atoms with E-state index in [9.17, 15) is 4.79 Å². The van der Waals surface area contributed by atoms with Gasteiger partial charge in [0, 0.05) is 18.2 Å². The molecule has 1 aromatic carbocycles. The predicted octanol–water partition coefficient (Wildman–Crippen LogP) is 3.92. The van der Waals surface area contributed by atoms with Gasteiger partial charge >= 0.3 is 6.03 Å². The Morgan fingerprint density at radius 1 is 1.15 bits per heavy atom. The summed E-state index contributed by atoms with van der Waals surface area (Å²) in [7, 11) is 1.63. The Morgan fingerprint density at radius 2 is 1.93 bits per heavy atom. The minimum absolute atomic E-state index is 0.00593. The van der Waals surface area contributed by atoms with E-state index in [-0.39, 0.29) is 12.1 Å². The van der Waals surface area contributed by atoms with Crippen molar-refractivity contribution in [2.45, 2.75) is 57.0 Å². The zero-order valence-corrected chi connectivity index (χ0v) is 15.7. The zero-order valence-electron chi connectivity index (χ0n) is 15.7. The standard InChI is InChI=1S/C20H26N4O3/c1-26-16-11-9-14(10-12-16)18-22-19(27-23-18)17-8-5-13-24(17)20(25)21-15-6-3-2-4-7-15/h9-12,15,17H,2-8,13H2,1H3,(H,21,25). The van der Waals surface area contributed by atoms with Gasteiger partial charge in [0.15, 0.2) is 0 Å². The van der Waals surface area contributed by atoms with Crippen molar-refractivity contribution in [3.63, 3.8) is 0 Å². The van der Waals surface area contributed by atoms with E-state index in [1.807, 2.05) is 29.2 Å². The van der Waals surface area contributed by atoms with E-state index in [4.69, 9.17) is 9.26 Å². The third kappa shape index (κ3) is 3.91. The first-order valence-electron chi connectivity index (χ1n) is 9.80. The molecule has 1 saturated heterocycles. The molecule has 2 aromatic rings. The number of rotatable bonds is 4. The average molecular weight is 370 g/mol. The highest BCUT2D eigenvalue weighted by atomic mass is 16.5. The Kier molecular flexibility index (Phi) is 5.27. The molecule has 2 amide bonds. The van der Waals surface area contributed by atoms with Crippen molar-refractivity contribution < 1.29 is 14.1 Å². The van der Waals surface area contributed by atoms with Crippen LogP contribution >= 0.6 is 0 Å². The van der Waals surface area contributed by atoms with Crippen LogP contribution in [0.25, 0.3) is 11.4 Å². The monoisotopic (exact) mass is 370 g/mol. The number of hydrogen-bond donors (Lipinski definition) is 1. The van der Waals surface area contributed by atoms with Gasteiger partial charge in [-0.25, -0.2) is 4.79 Å². The van der Waals surface area contributed by atoms with Crippen LogP contribution in [-0.4, -0.2) is 40.8 Å². The first-order valence-corrected chi connectivity index (χ1v) is 9.80. The first kappa shape index (κ1) is 17.8. The number of methoxy groups -OCH3 is 1. The number of amides is 2. The van der Waals surface area contributed by atoms with Crippen LogP contribution in [0.4, 0.5) is 4.79 Å². The molecule has 7 nitrogen and oxygen atoms in total. The van der Waals surface area contributed by atoms with Crippen molar-refractivity contribution >= 4 is 6.03 Å². The molecule has 7 heteroatoms. The molecule has 27 heavy (non-hydrogen) atoms. The number of likely N-dealkylation sites (tertiary alicyclic amines) is 1. The molecule has 0 spiro atoms. The Balaban J connectivity index is 1.45. The van der Waals surface area contributed by atoms with Crippen LogP contribution < -0.4 is 10.1 Å². The largest absolute Gasteiger partial charge is 0.497 e. The molecule has 1 unspecified atom stereocenters. The molecule has 2 heterocycles. The topological polar surface area (TPSA) is 80.5 Å². The van der Waals surface area contributed by atoms with E-state index < -0.39 is 0 Å². The van der Waals surface area contributed by atoms with Gasteiger partial charge in [-0.05, 0) is 49.9 Å². The van der Waals surface area contributed by atoms with E-state index in [1.165, 1.54) is 19.3 Å². The number of carbonyl (C=O) groups is 1. The number of ether oxygens (including phenoxy) is 1. The van der Waals surface area contributed by atoms with Gasteiger partial charge in [-0.15, -0.1) is 0 Å². The van der Waals surface area contributed by atoms with Crippen molar-refractivity contribution in [3.8, 4) is 17.1 Å². The van der Waals surface area contributed by atoms with Crippen LogP contribution in [0, 0.1) is 0 Å². The molecule has 0 bridgehead atoms. The van der Waals surface area contributed by atoms with Gasteiger partial charge in [0.1, 0.15) is 11.8 Å². The van der Waals surface area contributed by atoms with E-state index in [0.717, 1.165) is 43.5 Å². The lowest BCUT2D eigenvalue weighted by Crippen LogP contribution is -2.45. The minimum Gasteiger partial charge on any atom is -0.497 e. The maximum atomic E-state index is 12.8. The smallest absolute Gasteiger partial charge is 0.318 e. The summed E-state index contributed by atoms with van der Waals surface area (Å²) < 4.78 is 10.7. The number of aromatic nitrogens is 2. The SMILES string of the molecule is COc1ccc(-c2noc(C3CCCN3C(=O)NC3CCCCC3)n2)cc1. The van der Waals surface area contributed by atoms with Gasteiger partial charge in [-0.1, -0.05) is 24.4 Å². The third-order valence-electron chi connectivity index (χ3n) is 5.52. The highest BCUT2D eigenvalue weighted by Gasteiger charge is 2.35. The number of nitrogens with one attached hydrogen (secondary N) is 1. The molecule has 144 valence electrons. The van der Waals surface area contributed by atoms with Gasteiger partial charge in [0.2, 0.25) is 11.7 Å². The van der Waals surface area contributed by atoms with Gasteiger partial charge < -0.3 is 19.5 Å². The van der Waals surface area contributed by atoms with E-state index in [0.29, 0.717) is 17.8 Å². The van der Waals surface area contributed by atoms with Gasteiger partial charge in [0.25, 0.3) is 0 Å². The molecule has 1 aromatic heterocycles. The summed E-state index contributed by atoms with van der Waals surface area (Å²) in [5.74, 6) is 1.83. The molecule has 0 radical (unpaired) electrons. The minimum atomic E-state index is -0.145.